The van der Waals surface area contributed by atoms with Crippen LogP contribution in [-0.2, 0) is 9.57 Å². The molecule has 5 rings (SSSR count). The lowest BCUT2D eigenvalue weighted by atomic mass is 9.91. The van der Waals surface area contributed by atoms with Gasteiger partial charge in [-0.1, -0.05) is 36.1 Å². The summed E-state index contributed by atoms with van der Waals surface area (Å²) in [4.78, 5) is 6.08. The molecule has 1 atom stereocenters. The molecular formula is C22H27N4O2+. The van der Waals surface area contributed by atoms with Gasteiger partial charge in [-0.15, -0.1) is 5.10 Å². The van der Waals surface area contributed by atoms with Gasteiger partial charge in [0.2, 0.25) is 0 Å². The van der Waals surface area contributed by atoms with Crippen molar-refractivity contribution in [3.8, 4) is 0 Å². The molecular weight excluding hydrogens is 352 g/mol. The van der Waals surface area contributed by atoms with Gasteiger partial charge in [-0.25, -0.2) is 0 Å². The minimum atomic E-state index is 0.113. The predicted molar refractivity (Wildman–Crippen MR) is 107 cm³/mol. The molecule has 0 saturated heterocycles. The quantitative estimate of drug-likeness (QED) is 0.815. The molecule has 1 unspecified atom stereocenters. The fraction of sp³-hybridized carbons (Fsp3) is 0.455. The smallest absolute Gasteiger partial charge is 0.335 e. The normalized spacial score (nSPS) is 26.2. The molecule has 1 aromatic heterocycles. The third kappa shape index (κ3) is 2.55. The highest BCUT2D eigenvalue weighted by Crippen LogP contribution is 2.43. The Kier molecular flexibility index (Phi) is 4.33. The molecule has 6 nitrogen and oxygen atoms in total. The van der Waals surface area contributed by atoms with Crippen molar-refractivity contribution < 1.29 is 14.2 Å². The Morgan fingerprint density at radius 2 is 2.04 bits per heavy atom. The Morgan fingerprint density at radius 1 is 1.18 bits per heavy atom. The molecule has 1 aromatic rings. The van der Waals surface area contributed by atoms with Crippen molar-refractivity contribution in [1.82, 2.24) is 10.2 Å². The standard InChI is InChI=1S/C22H27N4O2/c1-27-19-12-15-8-6-7-11-18(15)21-20-16(14-26(19,21)28-2)13-23-25-22(20)24-17-9-4-3-5-10-17/h7,11-14,17H,3-6,8-10H2,1-2H3,(H,24,25)/q+1. The molecule has 2 aliphatic heterocycles. The summed E-state index contributed by atoms with van der Waals surface area (Å²) in [6.07, 6.45) is 18.8. The number of rotatable bonds is 4. The molecule has 0 radical (unpaired) electrons. The van der Waals surface area contributed by atoms with Crippen LogP contribution in [0.3, 0.4) is 0 Å². The minimum absolute atomic E-state index is 0.113. The van der Waals surface area contributed by atoms with Crippen LogP contribution in [-0.4, -0.2) is 35.1 Å². The van der Waals surface area contributed by atoms with Gasteiger partial charge in [0.05, 0.1) is 30.9 Å². The van der Waals surface area contributed by atoms with E-state index in [-0.39, 0.29) is 4.65 Å². The first kappa shape index (κ1) is 17.6. The van der Waals surface area contributed by atoms with Crippen LogP contribution in [0.25, 0.3) is 11.9 Å². The van der Waals surface area contributed by atoms with Crippen LogP contribution < -0.4 is 15.8 Å². The van der Waals surface area contributed by atoms with Crippen molar-refractivity contribution in [1.29, 1.82) is 0 Å². The second kappa shape index (κ2) is 6.87. The van der Waals surface area contributed by atoms with Crippen LogP contribution in [0.5, 0.6) is 0 Å². The molecule has 28 heavy (non-hydrogen) atoms. The third-order valence-electron chi connectivity index (χ3n) is 6.30. The summed E-state index contributed by atoms with van der Waals surface area (Å²) in [6.45, 7) is 0. The summed E-state index contributed by atoms with van der Waals surface area (Å²) < 4.78 is 5.92. The van der Waals surface area contributed by atoms with Crippen molar-refractivity contribution in [2.75, 3.05) is 19.5 Å². The van der Waals surface area contributed by atoms with Crippen LogP contribution in [0.2, 0.25) is 0 Å². The van der Waals surface area contributed by atoms with Crippen LogP contribution in [0.1, 0.15) is 44.9 Å². The zero-order valence-electron chi connectivity index (χ0n) is 16.6. The molecule has 0 amide bonds. The van der Waals surface area contributed by atoms with E-state index in [1.165, 1.54) is 43.3 Å². The van der Waals surface area contributed by atoms with E-state index in [2.05, 4.69) is 39.9 Å². The lowest BCUT2D eigenvalue weighted by Crippen LogP contribution is -2.42. The van der Waals surface area contributed by atoms with Crippen molar-refractivity contribution in [2.24, 2.45) is 0 Å². The van der Waals surface area contributed by atoms with E-state index in [0.29, 0.717) is 6.04 Å². The molecule has 1 N–H and O–H groups in total. The average Bonchev–Trinajstić information content (AvgIpc) is 3.11. The molecule has 6 heteroatoms. The van der Waals surface area contributed by atoms with Gasteiger partial charge in [0, 0.05) is 17.7 Å². The summed E-state index contributed by atoms with van der Waals surface area (Å²) in [7, 11) is 3.43. The lowest BCUT2D eigenvalue weighted by molar-refractivity contribution is -0.962. The second-order valence-electron chi connectivity index (χ2n) is 7.89. The Bertz CT molecular complexity index is 1020. The predicted octanol–water partition coefficient (Wildman–Crippen LogP) is 2.61. The highest BCUT2D eigenvalue weighted by atomic mass is 16.7. The van der Waals surface area contributed by atoms with Gasteiger partial charge in [-0.05, 0) is 31.3 Å². The first-order valence-corrected chi connectivity index (χ1v) is 10.2. The lowest BCUT2D eigenvalue weighted by Gasteiger charge is -2.34. The maximum absolute atomic E-state index is 6.08. The third-order valence-corrected chi connectivity index (χ3v) is 6.30. The van der Waals surface area contributed by atoms with Crippen LogP contribution >= 0.6 is 0 Å². The van der Waals surface area contributed by atoms with Crippen LogP contribution in [0.15, 0.2) is 41.5 Å². The van der Waals surface area contributed by atoms with Gasteiger partial charge >= 0.3 is 5.88 Å². The molecule has 1 fully saturated rings. The number of anilines is 1. The first-order chi connectivity index (χ1) is 13.8. The van der Waals surface area contributed by atoms with Gasteiger partial charge in [-0.2, -0.15) is 9.94 Å². The number of ether oxygens (including phenoxy) is 1. The summed E-state index contributed by atoms with van der Waals surface area (Å²) >= 11 is 0. The maximum Gasteiger partial charge on any atom is 0.335 e. The fourth-order valence-corrected chi connectivity index (χ4v) is 4.94. The topological polar surface area (TPSA) is 56.3 Å². The largest absolute Gasteiger partial charge is 0.452 e. The van der Waals surface area contributed by atoms with E-state index in [1.54, 1.807) is 14.2 Å². The SMILES string of the molecule is COC1=CC2=C(C=CCC2)C2=c3c(NC4CCCCC4)nncc3=C[N+]12OC. The van der Waals surface area contributed by atoms with Crippen LogP contribution in [0.4, 0.5) is 5.82 Å². The number of methoxy groups -OCH3 is 1. The monoisotopic (exact) mass is 379 g/mol. The number of nitrogens with zero attached hydrogens (tertiary/aromatic N) is 3. The number of allylic oxidation sites excluding steroid dienone is 3. The molecule has 2 aliphatic carbocycles. The number of nitrogens with one attached hydrogen (secondary N) is 1. The van der Waals surface area contributed by atoms with Gasteiger partial charge in [0.1, 0.15) is 0 Å². The maximum atomic E-state index is 6.08. The minimum Gasteiger partial charge on any atom is -0.452 e. The van der Waals surface area contributed by atoms with Crippen molar-refractivity contribution in [2.45, 2.75) is 51.0 Å². The van der Waals surface area contributed by atoms with Gasteiger partial charge < -0.3 is 10.1 Å². The Labute approximate surface area is 165 Å². The first-order valence-electron chi connectivity index (χ1n) is 10.2. The van der Waals surface area contributed by atoms with E-state index in [4.69, 9.17) is 9.57 Å². The van der Waals surface area contributed by atoms with E-state index in [1.807, 2.05) is 6.20 Å². The van der Waals surface area contributed by atoms with Crippen molar-refractivity contribution in [3.63, 3.8) is 0 Å². The molecule has 1 saturated carbocycles. The van der Waals surface area contributed by atoms with Crippen molar-refractivity contribution in [3.05, 3.63) is 51.9 Å². The molecule has 3 heterocycles. The second-order valence-corrected chi connectivity index (χ2v) is 7.89. The highest BCUT2D eigenvalue weighted by Gasteiger charge is 2.49. The molecule has 4 aliphatic rings. The summed E-state index contributed by atoms with van der Waals surface area (Å²) in [5, 5.41) is 14.6. The zero-order valence-corrected chi connectivity index (χ0v) is 16.6. The summed E-state index contributed by atoms with van der Waals surface area (Å²) in [5.74, 6) is 1.63. The van der Waals surface area contributed by atoms with E-state index in [0.717, 1.165) is 40.7 Å². The fourth-order valence-electron chi connectivity index (χ4n) is 4.94. The number of aromatic nitrogens is 2. The number of quaternary nitrogens is 1. The number of fused-ring (bicyclic) bond motifs is 3. The summed E-state index contributed by atoms with van der Waals surface area (Å²) in [6, 6.07) is 0.455. The molecule has 146 valence electrons. The van der Waals surface area contributed by atoms with Gasteiger partial charge in [0.15, 0.2) is 17.7 Å². The van der Waals surface area contributed by atoms with E-state index in [9.17, 15) is 0 Å². The van der Waals surface area contributed by atoms with Crippen molar-refractivity contribution >= 4 is 17.7 Å². The Balaban J connectivity index is 1.75. The van der Waals surface area contributed by atoms with Gasteiger partial charge in [0.25, 0.3) is 0 Å². The highest BCUT2D eigenvalue weighted by molar-refractivity contribution is 5.74. The summed E-state index contributed by atoms with van der Waals surface area (Å²) in [5.41, 5.74) is 3.58. The number of hydrogen-bond donors (Lipinski definition) is 1. The van der Waals surface area contributed by atoms with E-state index < -0.39 is 0 Å². The molecule has 0 aromatic carbocycles. The number of hydroxylamine groups is 3. The number of hydrogen-bond acceptors (Lipinski definition) is 5. The Hall–Kier alpha value is -2.44. The molecule has 0 bridgehead atoms. The van der Waals surface area contributed by atoms with E-state index >= 15 is 0 Å². The van der Waals surface area contributed by atoms with Gasteiger partial charge in [-0.3, -0.25) is 0 Å². The zero-order chi connectivity index (χ0) is 19.1. The Morgan fingerprint density at radius 3 is 2.82 bits per heavy atom. The van der Waals surface area contributed by atoms with Crippen LogP contribution in [0, 0.1) is 0 Å². The molecule has 0 spiro atoms. The average molecular weight is 379 g/mol.